The Kier molecular flexibility index (Phi) is 3.74. The quantitative estimate of drug-likeness (QED) is 0.522. The Labute approximate surface area is 82.2 Å². The van der Waals surface area contributed by atoms with Crippen LogP contribution in [0.3, 0.4) is 0 Å². The first kappa shape index (κ1) is 11.0. The largest absolute Gasteiger partial charge is 0.271 e. The van der Waals surface area contributed by atoms with Gasteiger partial charge in [-0.25, -0.2) is 0 Å². The van der Waals surface area contributed by atoms with Crippen LogP contribution in [-0.4, -0.2) is 6.04 Å². The van der Waals surface area contributed by atoms with Crippen molar-refractivity contribution >= 4 is 0 Å². The highest BCUT2D eigenvalue weighted by Crippen LogP contribution is 2.42. The van der Waals surface area contributed by atoms with Gasteiger partial charge >= 0.3 is 0 Å². The predicted molar refractivity (Wildman–Crippen MR) is 57.1 cm³/mol. The van der Waals surface area contributed by atoms with Gasteiger partial charge in [0.25, 0.3) is 0 Å². The van der Waals surface area contributed by atoms with Crippen LogP contribution >= 0.6 is 0 Å². The molecule has 0 heterocycles. The van der Waals surface area contributed by atoms with Crippen LogP contribution in [0, 0.1) is 11.3 Å². The van der Waals surface area contributed by atoms with Gasteiger partial charge in [0.1, 0.15) is 0 Å². The second kappa shape index (κ2) is 4.43. The minimum Gasteiger partial charge on any atom is -0.271 e. The Morgan fingerprint density at radius 3 is 2.62 bits per heavy atom. The normalized spacial score (nSPS) is 30.0. The molecule has 0 aromatic carbocycles. The summed E-state index contributed by atoms with van der Waals surface area (Å²) in [6, 6.07) is 0.510. The van der Waals surface area contributed by atoms with Gasteiger partial charge in [-0.15, -0.1) is 0 Å². The molecule has 0 aromatic heterocycles. The van der Waals surface area contributed by atoms with E-state index in [1.807, 2.05) is 0 Å². The van der Waals surface area contributed by atoms with Gasteiger partial charge in [0.2, 0.25) is 0 Å². The zero-order chi connectivity index (χ0) is 9.90. The third-order valence-electron chi connectivity index (χ3n) is 3.73. The Morgan fingerprint density at radius 1 is 1.46 bits per heavy atom. The first-order chi connectivity index (χ1) is 6.11. The number of hydrogen-bond acceptors (Lipinski definition) is 2. The van der Waals surface area contributed by atoms with E-state index in [-0.39, 0.29) is 0 Å². The highest BCUT2D eigenvalue weighted by Gasteiger charge is 2.36. The van der Waals surface area contributed by atoms with Gasteiger partial charge < -0.3 is 0 Å². The molecule has 1 aliphatic rings. The highest BCUT2D eigenvalue weighted by atomic mass is 15.2. The number of hydrazine groups is 1. The van der Waals surface area contributed by atoms with Crippen LogP contribution in [0.15, 0.2) is 0 Å². The molecule has 2 unspecified atom stereocenters. The molecule has 2 heteroatoms. The fourth-order valence-corrected chi connectivity index (χ4v) is 2.79. The first-order valence-corrected chi connectivity index (χ1v) is 5.58. The summed E-state index contributed by atoms with van der Waals surface area (Å²) in [4.78, 5) is 0. The van der Waals surface area contributed by atoms with Gasteiger partial charge in [-0.05, 0) is 30.6 Å². The molecule has 0 aromatic rings. The summed E-state index contributed by atoms with van der Waals surface area (Å²) < 4.78 is 0. The third kappa shape index (κ3) is 2.44. The lowest BCUT2D eigenvalue weighted by atomic mass is 9.65. The molecule has 3 N–H and O–H groups in total. The van der Waals surface area contributed by atoms with E-state index in [0.717, 1.165) is 12.3 Å². The second-order valence-electron chi connectivity index (χ2n) is 5.02. The molecule has 0 amide bonds. The van der Waals surface area contributed by atoms with E-state index in [0.29, 0.717) is 11.5 Å². The Balaban J connectivity index is 2.63. The van der Waals surface area contributed by atoms with Crippen molar-refractivity contribution < 1.29 is 0 Å². The summed E-state index contributed by atoms with van der Waals surface area (Å²) in [7, 11) is 0. The van der Waals surface area contributed by atoms with Crippen molar-refractivity contribution in [3.05, 3.63) is 0 Å². The molecule has 0 radical (unpaired) electrons. The smallest absolute Gasteiger partial charge is 0.0241 e. The molecule has 1 saturated carbocycles. The van der Waals surface area contributed by atoms with Crippen LogP contribution in [0.2, 0.25) is 0 Å². The summed E-state index contributed by atoms with van der Waals surface area (Å²) in [5.74, 6) is 6.35. The lowest BCUT2D eigenvalue weighted by Gasteiger charge is -2.42. The van der Waals surface area contributed by atoms with Crippen LogP contribution in [0.25, 0.3) is 0 Å². The van der Waals surface area contributed by atoms with Crippen molar-refractivity contribution in [3.8, 4) is 0 Å². The summed E-state index contributed by atoms with van der Waals surface area (Å²) >= 11 is 0. The van der Waals surface area contributed by atoms with Crippen LogP contribution in [0.4, 0.5) is 0 Å². The van der Waals surface area contributed by atoms with Crippen molar-refractivity contribution in [2.45, 2.75) is 58.9 Å². The zero-order valence-electron chi connectivity index (χ0n) is 9.27. The van der Waals surface area contributed by atoms with Crippen molar-refractivity contribution in [1.29, 1.82) is 0 Å². The third-order valence-corrected chi connectivity index (χ3v) is 3.73. The van der Waals surface area contributed by atoms with Crippen LogP contribution in [-0.2, 0) is 0 Å². The summed E-state index contributed by atoms with van der Waals surface area (Å²) in [5, 5.41) is 0. The predicted octanol–water partition coefficient (Wildman–Crippen LogP) is 2.44. The SMILES string of the molecule is CCC(NN)C1CCCCC1(C)C. The average molecular weight is 184 g/mol. The molecule has 78 valence electrons. The van der Waals surface area contributed by atoms with Gasteiger partial charge in [0.05, 0.1) is 0 Å². The zero-order valence-corrected chi connectivity index (χ0v) is 9.27. The van der Waals surface area contributed by atoms with Crippen LogP contribution in [0.5, 0.6) is 0 Å². The van der Waals surface area contributed by atoms with Gasteiger partial charge in [-0.1, -0.05) is 33.6 Å². The molecule has 0 bridgehead atoms. The molecule has 1 fully saturated rings. The van der Waals surface area contributed by atoms with Crippen molar-refractivity contribution in [2.75, 3.05) is 0 Å². The molecule has 0 aliphatic heterocycles. The van der Waals surface area contributed by atoms with Crippen LogP contribution < -0.4 is 11.3 Å². The Morgan fingerprint density at radius 2 is 2.15 bits per heavy atom. The van der Waals surface area contributed by atoms with Crippen molar-refractivity contribution in [3.63, 3.8) is 0 Å². The summed E-state index contributed by atoms with van der Waals surface area (Å²) in [6.45, 7) is 6.99. The minimum atomic E-state index is 0.477. The van der Waals surface area contributed by atoms with Crippen molar-refractivity contribution in [2.24, 2.45) is 17.2 Å². The Bertz CT molecular complexity index is 150. The molecule has 2 nitrogen and oxygen atoms in total. The molecule has 2 atom stereocenters. The van der Waals surface area contributed by atoms with E-state index in [1.165, 1.54) is 25.7 Å². The Hall–Kier alpha value is -0.0800. The molecule has 1 aliphatic carbocycles. The molecular weight excluding hydrogens is 160 g/mol. The van der Waals surface area contributed by atoms with E-state index in [9.17, 15) is 0 Å². The summed E-state index contributed by atoms with van der Waals surface area (Å²) in [5.41, 5.74) is 3.45. The van der Waals surface area contributed by atoms with Gasteiger partial charge in [-0.3, -0.25) is 11.3 Å². The van der Waals surface area contributed by atoms with E-state index >= 15 is 0 Å². The number of rotatable bonds is 3. The number of hydrogen-bond donors (Lipinski definition) is 2. The van der Waals surface area contributed by atoms with Gasteiger partial charge in [-0.2, -0.15) is 0 Å². The standard InChI is InChI=1S/C11H24N2/c1-4-10(13-12)9-7-5-6-8-11(9,2)3/h9-10,13H,4-8,12H2,1-3H3. The maximum atomic E-state index is 5.59. The molecule has 0 saturated heterocycles. The molecule has 13 heavy (non-hydrogen) atoms. The maximum absolute atomic E-state index is 5.59. The number of nitrogens with one attached hydrogen (secondary N) is 1. The lowest BCUT2D eigenvalue weighted by molar-refractivity contribution is 0.0966. The topological polar surface area (TPSA) is 38.0 Å². The van der Waals surface area contributed by atoms with E-state index < -0.39 is 0 Å². The summed E-state index contributed by atoms with van der Waals surface area (Å²) in [6.07, 6.45) is 6.62. The molecular formula is C11H24N2. The van der Waals surface area contributed by atoms with E-state index in [2.05, 4.69) is 26.2 Å². The first-order valence-electron chi connectivity index (χ1n) is 5.58. The van der Waals surface area contributed by atoms with Gasteiger partial charge in [0.15, 0.2) is 0 Å². The maximum Gasteiger partial charge on any atom is 0.0241 e. The fourth-order valence-electron chi connectivity index (χ4n) is 2.79. The van der Waals surface area contributed by atoms with Crippen LogP contribution in [0.1, 0.15) is 52.9 Å². The van der Waals surface area contributed by atoms with Gasteiger partial charge in [0, 0.05) is 6.04 Å². The minimum absolute atomic E-state index is 0.477. The average Bonchev–Trinajstić information content (AvgIpc) is 2.09. The van der Waals surface area contributed by atoms with E-state index in [4.69, 9.17) is 5.84 Å². The molecule has 1 rings (SSSR count). The van der Waals surface area contributed by atoms with E-state index in [1.54, 1.807) is 0 Å². The highest BCUT2D eigenvalue weighted by molar-refractivity contribution is 4.88. The number of nitrogens with two attached hydrogens (primary N) is 1. The fraction of sp³-hybridized carbons (Fsp3) is 1.00. The molecule has 0 spiro atoms. The second-order valence-corrected chi connectivity index (χ2v) is 5.02. The lowest BCUT2D eigenvalue weighted by Crippen LogP contribution is -2.47. The van der Waals surface area contributed by atoms with Crippen molar-refractivity contribution in [1.82, 2.24) is 5.43 Å². The monoisotopic (exact) mass is 184 g/mol.